The summed E-state index contributed by atoms with van der Waals surface area (Å²) >= 11 is 0. The van der Waals surface area contributed by atoms with E-state index in [0.29, 0.717) is 11.5 Å². The van der Waals surface area contributed by atoms with Gasteiger partial charge >= 0.3 is 0 Å². The van der Waals surface area contributed by atoms with E-state index in [1.807, 2.05) is 18.2 Å². The van der Waals surface area contributed by atoms with Gasteiger partial charge in [0.1, 0.15) is 17.7 Å². The number of fused-ring (bicyclic) bond motifs is 1. The van der Waals surface area contributed by atoms with Crippen molar-refractivity contribution in [2.24, 2.45) is 0 Å². The van der Waals surface area contributed by atoms with Crippen LogP contribution in [0.15, 0.2) is 36.7 Å². The van der Waals surface area contributed by atoms with Crippen LogP contribution in [0.3, 0.4) is 0 Å². The number of aromatic nitrogens is 4. The quantitative estimate of drug-likeness (QED) is 0.729. The number of rotatable bonds is 3. The van der Waals surface area contributed by atoms with E-state index in [-0.39, 0.29) is 0 Å². The molecule has 0 radical (unpaired) electrons. The first-order valence-electron chi connectivity index (χ1n) is 5.82. The highest BCUT2D eigenvalue weighted by Gasteiger charge is 2.07. The fourth-order valence-corrected chi connectivity index (χ4v) is 1.92. The minimum atomic E-state index is 0.443. The van der Waals surface area contributed by atoms with Crippen molar-refractivity contribution >= 4 is 17.0 Å². The molecule has 0 aliphatic heterocycles. The standard InChI is InChI=1S/C13H13N5/c14-12-11-13(16-8-15-12)18-10(17-11)7-6-9-4-2-1-3-5-9/h1-5,8H,6-7H2,(H3,14,15,16,17,18). The number of aryl methyl sites for hydroxylation is 2. The minimum Gasteiger partial charge on any atom is -0.382 e. The van der Waals surface area contributed by atoms with Gasteiger partial charge in [-0.1, -0.05) is 30.3 Å². The average molecular weight is 239 g/mol. The third kappa shape index (κ3) is 2.02. The predicted octanol–water partition coefficient (Wildman–Crippen LogP) is 1.72. The highest BCUT2D eigenvalue weighted by atomic mass is 15.0. The maximum atomic E-state index is 5.75. The summed E-state index contributed by atoms with van der Waals surface area (Å²) in [6.45, 7) is 0. The van der Waals surface area contributed by atoms with Gasteiger partial charge in [-0.3, -0.25) is 0 Å². The Labute approximate surface area is 104 Å². The maximum absolute atomic E-state index is 5.75. The van der Waals surface area contributed by atoms with Gasteiger partial charge in [-0.2, -0.15) is 0 Å². The molecular formula is C13H13N5. The first kappa shape index (κ1) is 10.7. The molecule has 18 heavy (non-hydrogen) atoms. The molecule has 1 aromatic carbocycles. The molecule has 0 fully saturated rings. The molecule has 0 atom stereocenters. The van der Waals surface area contributed by atoms with Crippen LogP contribution in [0.5, 0.6) is 0 Å². The monoisotopic (exact) mass is 239 g/mol. The van der Waals surface area contributed by atoms with E-state index in [9.17, 15) is 0 Å². The van der Waals surface area contributed by atoms with Crippen LogP contribution in [0.1, 0.15) is 11.4 Å². The van der Waals surface area contributed by atoms with Gasteiger partial charge in [0, 0.05) is 6.42 Å². The van der Waals surface area contributed by atoms with Gasteiger partial charge in [-0.15, -0.1) is 0 Å². The van der Waals surface area contributed by atoms with Gasteiger partial charge in [0.05, 0.1) is 0 Å². The molecule has 0 spiro atoms. The van der Waals surface area contributed by atoms with Crippen LogP contribution in [0, 0.1) is 0 Å². The Morgan fingerprint density at radius 2 is 1.89 bits per heavy atom. The lowest BCUT2D eigenvalue weighted by Crippen LogP contribution is -1.93. The molecule has 0 aliphatic carbocycles. The summed E-state index contributed by atoms with van der Waals surface area (Å²) in [7, 11) is 0. The van der Waals surface area contributed by atoms with Crippen molar-refractivity contribution in [3.63, 3.8) is 0 Å². The van der Waals surface area contributed by atoms with E-state index in [0.717, 1.165) is 24.2 Å². The van der Waals surface area contributed by atoms with E-state index in [1.54, 1.807) is 0 Å². The molecule has 0 aliphatic rings. The first-order chi connectivity index (χ1) is 8.83. The van der Waals surface area contributed by atoms with Crippen LogP contribution in [-0.2, 0) is 12.8 Å². The van der Waals surface area contributed by atoms with Gasteiger partial charge in [-0.05, 0) is 12.0 Å². The molecule has 0 amide bonds. The fourth-order valence-electron chi connectivity index (χ4n) is 1.92. The van der Waals surface area contributed by atoms with Crippen molar-refractivity contribution in [3.05, 3.63) is 48.0 Å². The number of hydrogen-bond donors (Lipinski definition) is 2. The number of anilines is 1. The number of H-pyrrole nitrogens is 1. The van der Waals surface area contributed by atoms with E-state index in [4.69, 9.17) is 5.73 Å². The summed E-state index contributed by atoms with van der Waals surface area (Å²) in [6, 6.07) is 10.3. The Hall–Kier alpha value is -2.43. The predicted molar refractivity (Wildman–Crippen MR) is 69.9 cm³/mol. The van der Waals surface area contributed by atoms with Crippen molar-refractivity contribution in [2.75, 3.05) is 5.73 Å². The molecule has 0 unspecified atom stereocenters. The van der Waals surface area contributed by atoms with Gasteiger partial charge < -0.3 is 10.7 Å². The molecular weight excluding hydrogens is 226 g/mol. The topological polar surface area (TPSA) is 80.5 Å². The summed E-state index contributed by atoms with van der Waals surface area (Å²) in [4.78, 5) is 15.6. The number of hydrogen-bond acceptors (Lipinski definition) is 4. The van der Waals surface area contributed by atoms with Crippen LogP contribution in [0.2, 0.25) is 0 Å². The zero-order valence-corrected chi connectivity index (χ0v) is 9.80. The van der Waals surface area contributed by atoms with Gasteiger partial charge in [0.25, 0.3) is 0 Å². The van der Waals surface area contributed by atoms with Crippen molar-refractivity contribution in [1.29, 1.82) is 0 Å². The lowest BCUT2D eigenvalue weighted by Gasteiger charge is -1.97. The Bertz CT molecular complexity index is 659. The summed E-state index contributed by atoms with van der Waals surface area (Å²) in [5.41, 5.74) is 8.40. The van der Waals surface area contributed by atoms with Crippen LogP contribution in [-0.4, -0.2) is 19.9 Å². The van der Waals surface area contributed by atoms with Crippen molar-refractivity contribution in [2.45, 2.75) is 12.8 Å². The maximum Gasteiger partial charge on any atom is 0.183 e. The minimum absolute atomic E-state index is 0.443. The lowest BCUT2D eigenvalue weighted by atomic mass is 10.1. The number of benzene rings is 1. The zero-order chi connectivity index (χ0) is 12.4. The summed E-state index contributed by atoms with van der Waals surface area (Å²) in [5.74, 6) is 1.33. The molecule has 3 N–H and O–H groups in total. The Morgan fingerprint density at radius 3 is 2.67 bits per heavy atom. The Balaban J connectivity index is 1.81. The molecule has 90 valence electrons. The number of nitrogen functional groups attached to an aromatic ring is 1. The van der Waals surface area contributed by atoms with E-state index < -0.39 is 0 Å². The summed E-state index contributed by atoms with van der Waals surface area (Å²) in [6.07, 6.45) is 3.20. The molecule has 3 aromatic rings. The second kappa shape index (κ2) is 4.44. The zero-order valence-electron chi connectivity index (χ0n) is 9.80. The van der Waals surface area contributed by atoms with E-state index in [2.05, 4.69) is 32.1 Å². The number of nitrogens with zero attached hydrogens (tertiary/aromatic N) is 3. The van der Waals surface area contributed by atoms with Crippen LogP contribution in [0.25, 0.3) is 11.2 Å². The van der Waals surface area contributed by atoms with Gasteiger partial charge in [0.15, 0.2) is 11.5 Å². The highest BCUT2D eigenvalue weighted by Crippen LogP contribution is 2.14. The largest absolute Gasteiger partial charge is 0.382 e. The van der Waals surface area contributed by atoms with Crippen molar-refractivity contribution in [3.8, 4) is 0 Å². The summed E-state index contributed by atoms with van der Waals surface area (Å²) in [5, 5.41) is 0. The molecule has 2 heterocycles. The molecule has 5 nitrogen and oxygen atoms in total. The highest BCUT2D eigenvalue weighted by molar-refractivity contribution is 5.80. The second-order valence-corrected chi connectivity index (χ2v) is 4.13. The number of nitrogens with two attached hydrogens (primary N) is 1. The first-order valence-corrected chi connectivity index (χ1v) is 5.82. The number of nitrogens with one attached hydrogen (secondary N) is 1. The fraction of sp³-hybridized carbons (Fsp3) is 0.154. The molecule has 5 heteroatoms. The molecule has 3 rings (SSSR count). The van der Waals surface area contributed by atoms with Gasteiger partial charge in [0.2, 0.25) is 0 Å². The summed E-state index contributed by atoms with van der Waals surface area (Å²) < 4.78 is 0. The van der Waals surface area contributed by atoms with Crippen molar-refractivity contribution in [1.82, 2.24) is 19.9 Å². The average Bonchev–Trinajstić information content (AvgIpc) is 2.82. The van der Waals surface area contributed by atoms with Gasteiger partial charge in [-0.25, -0.2) is 15.0 Å². The Morgan fingerprint density at radius 1 is 1.06 bits per heavy atom. The molecule has 0 saturated carbocycles. The SMILES string of the molecule is Nc1ncnc2nc(CCc3ccccc3)[nH]c12. The third-order valence-corrected chi connectivity index (χ3v) is 2.86. The lowest BCUT2D eigenvalue weighted by molar-refractivity contribution is 0.889. The normalized spacial score (nSPS) is 10.9. The smallest absolute Gasteiger partial charge is 0.183 e. The van der Waals surface area contributed by atoms with Crippen molar-refractivity contribution < 1.29 is 0 Å². The third-order valence-electron chi connectivity index (χ3n) is 2.86. The molecule has 2 aromatic heterocycles. The van der Waals surface area contributed by atoms with E-state index >= 15 is 0 Å². The van der Waals surface area contributed by atoms with Crippen LogP contribution in [0.4, 0.5) is 5.82 Å². The van der Waals surface area contributed by atoms with E-state index in [1.165, 1.54) is 11.9 Å². The molecule has 0 bridgehead atoms. The van der Waals surface area contributed by atoms with Crippen LogP contribution < -0.4 is 5.73 Å². The number of imidazole rings is 1. The Kier molecular flexibility index (Phi) is 2.64. The second-order valence-electron chi connectivity index (χ2n) is 4.13. The number of aromatic amines is 1. The molecule has 0 saturated heterocycles. The van der Waals surface area contributed by atoms with Crippen LogP contribution >= 0.6 is 0 Å².